The fourth-order valence-electron chi connectivity index (χ4n) is 7.65. The van der Waals surface area contributed by atoms with E-state index < -0.39 is 0 Å². The van der Waals surface area contributed by atoms with Gasteiger partial charge >= 0.3 is 21.1 Å². The molecule has 0 aliphatic carbocycles. The molecule has 0 N–H and O–H groups in total. The molecule has 268 valence electrons. The molecule has 0 bridgehead atoms. The summed E-state index contributed by atoms with van der Waals surface area (Å²) >= 11 is 0. The third kappa shape index (κ3) is 7.66. The fourth-order valence-corrected chi connectivity index (χ4v) is 7.65. The van der Waals surface area contributed by atoms with Crippen LogP contribution in [0.2, 0.25) is 0 Å². The number of rotatable bonds is 13. The van der Waals surface area contributed by atoms with Gasteiger partial charge in [0, 0.05) is 34.5 Å². The van der Waals surface area contributed by atoms with Crippen LogP contribution in [0.3, 0.4) is 0 Å². The number of fused-ring (bicyclic) bond motifs is 3. The van der Waals surface area contributed by atoms with Gasteiger partial charge in [0.2, 0.25) is 0 Å². The van der Waals surface area contributed by atoms with Crippen molar-refractivity contribution in [1.82, 2.24) is 19.3 Å². The zero-order chi connectivity index (χ0) is 35.5. The third-order valence-electron chi connectivity index (χ3n) is 10.2. The van der Waals surface area contributed by atoms with Crippen LogP contribution in [0.25, 0.3) is 44.4 Å². The first-order valence-corrected chi connectivity index (χ1v) is 18.6. The number of nitrogens with zero attached hydrogens (tertiary/aromatic N) is 4. The molecule has 2 unspecified atom stereocenters. The minimum Gasteiger partial charge on any atom is -0.509 e. The van der Waals surface area contributed by atoms with E-state index in [1.165, 1.54) is 35.8 Å². The van der Waals surface area contributed by atoms with Gasteiger partial charge in [0.25, 0.3) is 0 Å². The van der Waals surface area contributed by atoms with E-state index in [0.717, 1.165) is 69.7 Å². The number of pyridine rings is 1. The predicted molar refractivity (Wildman–Crippen MR) is 211 cm³/mol. The molecule has 0 aliphatic heterocycles. The zero-order valence-electron chi connectivity index (χ0n) is 31.1. The summed E-state index contributed by atoms with van der Waals surface area (Å²) in [5.41, 5.74) is 9.92. The quantitative estimate of drug-likeness (QED) is 0.108. The van der Waals surface area contributed by atoms with Gasteiger partial charge in [-0.15, -0.1) is 35.7 Å². The molecule has 7 aromatic rings. The molecule has 6 heteroatoms. The Morgan fingerprint density at radius 3 is 2.40 bits per heavy atom. The van der Waals surface area contributed by atoms with E-state index in [2.05, 4.69) is 119 Å². The summed E-state index contributed by atoms with van der Waals surface area (Å²) in [6.07, 6.45) is 8.96. The van der Waals surface area contributed by atoms with Crippen LogP contribution in [0, 0.1) is 31.9 Å². The summed E-state index contributed by atoms with van der Waals surface area (Å²) in [6, 6.07) is 39.0. The molecule has 0 saturated carbocycles. The maximum Gasteiger partial charge on any atom is 2.00 e. The molecule has 0 fully saturated rings. The molecule has 0 amide bonds. The van der Waals surface area contributed by atoms with Crippen molar-refractivity contribution in [2.24, 2.45) is 5.92 Å². The molecule has 4 aromatic carbocycles. The molecule has 0 saturated heterocycles. The van der Waals surface area contributed by atoms with Crippen molar-refractivity contribution in [3.05, 3.63) is 132 Å². The van der Waals surface area contributed by atoms with Gasteiger partial charge in [0.15, 0.2) is 0 Å². The van der Waals surface area contributed by atoms with Gasteiger partial charge in [-0.1, -0.05) is 94.9 Å². The summed E-state index contributed by atoms with van der Waals surface area (Å²) in [5.74, 6) is 3.32. The minimum atomic E-state index is 0. The Hall–Kier alpha value is -4.47. The van der Waals surface area contributed by atoms with E-state index in [1.54, 1.807) is 0 Å². The largest absolute Gasteiger partial charge is 2.00 e. The molecule has 3 aromatic heterocycles. The summed E-state index contributed by atoms with van der Waals surface area (Å²) in [5, 5.41) is 7.25. The Kier molecular flexibility index (Phi) is 11.8. The standard InChI is InChI=1S/C46H48N4O.Pt/c1-7-9-15-35-24-25-47-45(27-35)49-43-23-20-37(32(4)26-31(3)14-8-2)28-42(43)41-22-21-40(30-44(41)49)51-39-19-13-18-38(29-39)50-34(6)46(33(5)48-50)36-16-11-10-12-17-36;/h10-13,16-25,27-28,31-32H,7-9,14-15,26H2,1-6H3;/q-2;+2. The molecule has 0 aliphatic rings. The van der Waals surface area contributed by atoms with Crippen molar-refractivity contribution >= 4 is 21.8 Å². The number of hydrogen-bond acceptors (Lipinski definition) is 3. The van der Waals surface area contributed by atoms with Crippen LogP contribution in [0.4, 0.5) is 0 Å². The van der Waals surface area contributed by atoms with Gasteiger partial charge in [0.1, 0.15) is 5.82 Å². The Bertz CT molecular complexity index is 2290. The Labute approximate surface area is 323 Å². The van der Waals surface area contributed by atoms with Gasteiger partial charge in [0.05, 0.1) is 5.69 Å². The normalized spacial score (nSPS) is 12.6. The Morgan fingerprint density at radius 2 is 1.62 bits per heavy atom. The Balaban J connectivity index is 0.00000464. The maximum absolute atomic E-state index is 6.52. The molecular weight excluding hydrogens is 820 g/mol. The van der Waals surface area contributed by atoms with Crippen LogP contribution in [0.15, 0.2) is 97.2 Å². The predicted octanol–water partition coefficient (Wildman–Crippen LogP) is 12.3. The number of aryl methyl sites for hydroxylation is 2. The van der Waals surface area contributed by atoms with Crippen molar-refractivity contribution in [3.8, 4) is 34.1 Å². The summed E-state index contributed by atoms with van der Waals surface area (Å²) in [7, 11) is 0. The van der Waals surface area contributed by atoms with Gasteiger partial charge < -0.3 is 9.30 Å². The second-order valence-electron chi connectivity index (χ2n) is 14.2. The van der Waals surface area contributed by atoms with Crippen molar-refractivity contribution in [3.63, 3.8) is 0 Å². The molecule has 3 heterocycles. The molecule has 2 atom stereocenters. The first kappa shape index (κ1) is 37.3. The number of aromatic nitrogens is 4. The molecule has 5 nitrogen and oxygen atoms in total. The fraction of sp³-hybridized carbons (Fsp3) is 0.304. The SMILES string of the molecule is CCCCc1ccnc(-n2c3[c-]c(Oc4[c-]c(-n5nc(C)c(-c6ccccc6)c5C)ccc4)ccc3c3cc(C(C)CC(C)CCC)ccc32)c1.[Pt+2]. The molecule has 0 radical (unpaired) electrons. The van der Waals surface area contributed by atoms with E-state index in [1.807, 2.05) is 41.2 Å². The average Bonchev–Trinajstić information content (AvgIpc) is 3.63. The van der Waals surface area contributed by atoms with Crippen molar-refractivity contribution in [2.75, 3.05) is 0 Å². The zero-order valence-corrected chi connectivity index (χ0v) is 33.4. The van der Waals surface area contributed by atoms with Gasteiger partial charge in [-0.05, 0) is 90.9 Å². The minimum absolute atomic E-state index is 0. The summed E-state index contributed by atoms with van der Waals surface area (Å²) in [4.78, 5) is 4.89. The van der Waals surface area contributed by atoms with Crippen LogP contribution in [0.1, 0.15) is 88.2 Å². The molecule has 7 rings (SSSR count). The topological polar surface area (TPSA) is 44.9 Å². The van der Waals surface area contributed by atoms with Crippen LogP contribution in [0.5, 0.6) is 11.5 Å². The van der Waals surface area contributed by atoms with Crippen LogP contribution in [-0.2, 0) is 27.5 Å². The molecule has 0 spiro atoms. The number of unbranched alkanes of at least 4 members (excludes halogenated alkanes) is 1. The van der Waals surface area contributed by atoms with E-state index in [4.69, 9.17) is 14.8 Å². The Morgan fingerprint density at radius 1 is 0.808 bits per heavy atom. The smallest absolute Gasteiger partial charge is 0.509 e. The van der Waals surface area contributed by atoms with Crippen LogP contribution < -0.4 is 4.74 Å². The molecule has 52 heavy (non-hydrogen) atoms. The summed E-state index contributed by atoms with van der Waals surface area (Å²) < 4.78 is 10.7. The number of hydrogen-bond donors (Lipinski definition) is 0. The summed E-state index contributed by atoms with van der Waals surface area (Å²) in [6.45, 7) is 13.4. The molecular formula is C46H48N4OPt. The van der Waals surface area contributed by atoms with E-state index >= 15 is 0 Å². The van der Waals surface area contributed by atoms with Crippen molar-refractivity contribution in [2.45, 2.75) is 86.0 Å². The van der Waals surface area contributed by atoms with Gasteiger partial charge in [-0.25, -0.2) is 4.98 Å². The maximum atomic E-state index is 6.52. The second kappa shape index (κ2) is 16.5. The number of benzene rings is 4. The number of ether oxygens (including phenoxy) is 1. The van der Waals surface area contributed by atoms with Gasteiger partial charge in [-0.2, -0.15) is 17.2 Å². The first-order chi connectivity index (χ1) is 24.8. The van der Waals surface area contributed by atoms with Crippen molar-refractivity contribution in [1.29, 1.82) is 0 Å². The van der Waals surface area contributed by atoms with Crippen LogP contribution in [-0.4, -0.2) is 19.3 Å². The van der Waals surface area contributed by atoms with E-state index in [9.17, 15) is 0 Å². The monoisotopic (exact) mass is 867 g/mol. The van der Waals surface area contributed by atoms with E-state index in [0.29, 0.717) is 23.3 Å². The third-order valence-corrected chi connectivity index (χ3v) is 10.2. The average molecular weight is 868 g/mol. The van der Waals surface area contributed by atoms with Crippen LogP contribution >= 0.6 is 0 Å². The van der Waals surface area contributed by atoms with Crippen molar-refractivity contribution < 1.29 is 25.8 Å². The second-order valence-corrected chi connectivity index (χ2v) is 14.2. The van der Waals surface area contributed by atoms with Gasteiger partial charge in [-0.3, -0.25) is 4.68 Å². The first-order valence-electron chi connectivity index (χ1n) is 18.6. The van der Waals surface area contributed by atoms with E-state index in [-0.39, 0.29) is 21.1 Å².